The Morgan fingerprint density at radius 1 is 0.960 bits per heavy atom. The summed E-state index contributed by atoms with van der Waals surface area (Å²) in [4.78, 5) is 10.4. The molecule has 0 bridgehead atoms. The molecule has 4 aromatic rings. The molecular formula is C20H13ClN2OS. The van der Waals surface area contributed by atoms with Crippen molar-refractivity contribution in [2.24, 2.45) is 0 Å². The van der Waals surface area contributed by atoms with Crippen molar-refractivity contribution in [1.29, 1.82) is 0 Å². The minimum absolute atomic E-state index is 0.512. The van der Waals surface area contributed by atoms with Crippen LogP contribution < -0.4 is 4.74 Å². The van der Waals surface area contributed by atoms with E-state index in [4.69, 9.17) is 21.3 Å². The minimum Gasteiger partial charge on any atom is -0.491 e. The first-order valence-corrected chi connectivity index (χ1v) is 9.27. The summed E-state index contributed by atoms with van der Waals surface area (Å²) in [5, 5.41) is 1.64. The predicted molar refractivity (Wildman–Crippen MR) is 102 cm³/mol. The molecule has 0 radical (unpaired) electrons. The van der Waals surface area contributed by atoms with E-state index in [2.05, 4.69) is 17.1 Å². The van der Waals surface area contributed by atoms with Gasteiger partial charge in [-0.1, -0.05) is 54.1 Å². The van der Waals surface area contributed by atoms with Crippen LogP contribution in [0.1, 0.15) is 5.56 Å². The Hall–Kier alpha value is -2.43. The van der Waals surface area contributed by atoms with Crippen molar-refractivity contribution in [3.05, 3.63) is 65.3 Å². The smallest absolute Gasteiger partial charge is 0.161 e. The molecule has 0 saturated heterocycles. The van der Waals surface area contributed by atoms with E-state index in [0.717, 1.165) is 32.8 Å². The number of halogens is 1. The SMILES string of the molecule is Clc1nc(-c2ccccc2)nc2c1CCOc1c-2sc2ccccc12. The van der Waals surface area contributed by atoms with Crippen molar-refractivity contribution >= 4 is 33.0 Å². The van der Waals surface area contributed by atoms with Gasteiger partial charge < -0.3 is 4.74 Å². The van der Waals surface area contributed by atoms with E-state index >= 15 is 0 Å². The highest BCUT2D eigenvalue weighted by molar-refractivity contribution is 7.22. The first-order valence-electron chi connectivity index (χ1n) is 8.08. The third-order valence-corrected chi connectivity index (χ3v) is 5.82. The van der Waals surface area contributed by atoms with E-state index < -0.39 is 0 Å². The van der Waals surface area contributed by atoms with Crippen LogP contribution in [-0.2, 0) is 6.42 Å². The molecule has 2 aromatic carbocycles. The van der Waals surface area contributed by atoms with Crippen LogP contribution in [0.3, 0.4) is 0 Å². The fourth-order valence-corrected chi connectivity index (χ4v) is 4.59. The maximum atomic E-state index is 6.53. The van der Waals surface area contributed by atoms with Gasteiger partial charge in [-0.05, 0) is 12.1 Å². The number of hydrogen-bond donors (Lipinski definition) is 0. The Bertz CT molecular complexity index is 1090. The van der Waals surface area contributed by atoms with E-state index in [1.165, 1.54) is 4.70 Å². The Morgan fingerprint density at radius 3 is 2.64 bits per heavy atom. The van der Waals surface area contributed by atoms with E-state index in [1.54, 1.807) is 11.3 Å². The van der Waals surface area contributed by atoms with Crippen molar-refractivity contribution in [3.63, 3.8) is 0 Å². The average Bonchev–Trinajstić information content (AvgIpc) is 2.92. The lowest BCUT2D eigenvalue weighted by Gasteiger charge is -2.09. The summed E-state index contributed by atoms with van der Waals surface area (Å²) in [6, 6.07) is 18.2. The van der Waals surface area contributed by atoms with Crippen LogP contribution in [0.15, 0.2) is 54.6 Å². The fraction of sp³-hybridized carbons (Fsp3) is 0.100. The first kappa shape index (κ1) is 14.9. The fourth-order valence-electron chi connectivity index (χ4n) is 3.16. The highest BCUT2D eigenvalue weighted by Gasteiger charge is 2.25. The Kier molecular flexibility index (Phi) is 3.47. The number of benzene rings is 2. The molecule has 0 spiro atoms. The topological polar surface area (TPSA) is 35.0 Å². The van der Waals surface area contributed by atoms with Crippen LogP contribution in [0.2, 0.25) is 5.15 Å². The summed E-state index contributed by atoms with van der Waals surface area (Å²) in [5.41, 5.74) is 2.82. The molecule has 5 heteroatoms. The van der Waals surface area contributed by atoms with Crippen molar-refractivity contribution in [3.8, 4) is 27.7 Å². The van der Waals surface area contributed by atoms with Gasteiger partial charge in [-0.3, -0.25) is 0 Å². The molecule has 1 aliphatic rings. The molecule has 25 heavy (non-hydrogen) atoms. The maximum absolute atomic E-state index is 6.53. The van der Waals surface area contributed by atoms with Gasteiger partial charge >= 0.3 is 0 Å². The normalized spacial score (nSPS) is 13.0. The van der Waals surface area contributed by atoms with Gasteiger partial charge in [-0.15, -0.1) is 11.3 Å². The van der Waals surface area contributed by atoms with Gasteiger partial charge in [0.15, 0.2) is 5.82 Å². The lowest BCUT2D eigenvalue weighted by atomic mass is 10.1. The molecule has 0 unspecified atom stereocenters. The van der Waals surface area contributed by atoms with Gasteiger partial charge in [-0.25, -0.2) is 9.97 Å². The lowest BCUT2D eigenvalue weighted by molar-refractivity contribution is 0.331. The van der Waals surface area contributed by atoms with Crippen molar-refractivity contribution in [2.75, 3.05) is 6.61 Å². The Morgan fingerprint density at radius 2 is 1.76 bits per heavy atom. The zero-order valence-electron chi connectivity index (χ0n) is 13.2. The second-order valence-electron chi connectivity index (χ2n) is 5.89. The number of ether oxygens (including phenoxy) is 1. The van der Waals surface area contributed by atoms with Crippen molar-refractivity contribution in [2.45, 2.75) is 6.42 Å². The monoisotopic (exact) mass is 364 g/mol. The predicted octanol–water partition coefficient (Wildman–Crippen LogP) is 5.61. The van der Waals surface area contributed by atoms with Crippen molar-refractivity contribution in [1.82, 2.24) is 9.97 Å². The zero-order valence-corrected chi connectivity index (χ0v) is 14.8. The minimum atomic E-state index is 0.512. The number of fused-ring (bicyclic) bond motifs is 5. The number of nitrogens with zero attached hydrogens (tertiary/aromatic N) is 2. The molecule has 0 saturated carbocycles. The first-order chi connectivity index (χ1) is 12.3. The maximum Gasteiger partial charge on any atom is 0.161 e. The second kappa shape index (κ2) is 5.83. The van der Waals surface area contributed by atoms with E-state index in [9.17, 15) is 0 Å². The van der Waals surface area contributed by atoms with Crippen molar-refractivity contribution < 1.29 is 4.74 Å². The zero-order chi connectivity index (χ0) is 16.8. The largest absolute Gasteiger partial charge is 0.491 e. The van der Waals surface area contributed by atoms with Gasteiger partial charge in [0.25, 0.3) is 0 Å². The van der Waals surface area contributed by atoms with E-state index in [1.807, 2.05) is 42.5 Å². The summed E-state index contributed by atoms with van der Waals surface area (Å²) < 4.78 is 7.26. The average molecular weight is 365 g/mol. The summed E-state index contributed by atoms with van der Waals surface area (Å²) >= 11 is 8.23. The lowest BCUT2D eigenvalue weighted by Crippen LogP contribution is -2.02. The highest BCUT2D eigenvalue weighted by Crippen LogP contribution is 2.47. The standard InChI is InChI=1S/C20H13ClN2OS/c21-19-14-10-11-24-17-13-8-4-5-9-15(13)25-18(17)16(14)22-20(23-19)12-6-2-1-3-7-12/h1-9H,10-11H2. The van der Waals surface area contributed by atoms with Crippen LogP contribution in [0, 0.1) is 0 Å². The summed E-state index contributed by atoms with van der Waals surface area (Å²) in [7, 11) is 0. The number of rotatable bonds is 1. The van der Waals surface area contributed by atoms with E-state index in [-0.39, 0.29) is 0 Å². The molecule has 3 nitrogen and oxygen atoms in total. The molecule has 0 aliphatic carbocycles. The molecule has 5 rings (SSSR count). The molecule has 1 aliphatic heterocycles. The molecule has 0 amide bonds. The molecule has 122 valence electrons. The summed E-state index contributed by atoms with van der Waals surface area (Å²) in [6.45, 7) is 0.578. The van der Waals surface area contributed by atoms with Crippen LogP contribution in [0.25, 0.3) is 32.0 Å². The highest BCUT2D eigenvalue weighted by atomic mass is 35.5. The molecule has 0 N–H and O–H groups in total. The third kappa shape index (κ3) is 2.41. The molecule has 0 atom stereocenters. The molecule has 3 heterocycles. The quantitative estimate of drug-likeness (QED) is 0.411. The molecular weight excluding hydrogens is 352 g/mol. The van der Waals surface area contributed by atoms with Gasteiger partial charge in [0, 0.05) is 27.6 Å². The number of hydrogen-bond acceptors (Lipinski definition) is 4. The Labute approximate surface area is 153 Å². The molecule has 2 aromatic heterocycles. The van der Waals surface area contributed by atoms with Crippen LogP contribution in [-0.4, -0.2) is 16.6 Å². The third-order valence-electron chi connectivity index (χ3n) is 4.35. The summed E-state index contributed by atoms with van der Waals surface area (Å²) in [6.07, 6.45) is 0.707. The van der Waals surface area contributed by atoms with Crippen LogP contribution in [0.4, 0.5) is 0 Å². The van der Waals surface area contributed by atoms with Gasteiger partial charge in [0.05, 0.1) is 17.2 Å². The Balaban J connectivity index is 1.80. The summed E-state index contributed by atoms with van der Waals surface area (Å²) in [5.74, 6) is 1.56. The second-order valence-corrected chi connectivity index (χ2v) is 7.30. The number of aromatic nitrogens is 2. The van der Waals surface area contributed by atoms with Gasteiger partial charge in [-0.2, -0.15) is 0 Å². The number of thiophene rings is 1. The van der Waals surface area contributed by atoms with Crippen LogP contribution in [0.5, 0.6) is 5.75 Å². The van der Waals surface area contributed by atoms with Crippen LogP contribution >= 0.6 is 22.9 Å². The van der Waals surface area contributed by atoms with E-state index in [0.29, 0.717) is 24.0 Å². The van der Waals surface area contributed by atoms with Gasteiger partial charge in [0.2, 0.25) is 0 Å². The van der Waals surface area contributed by atoms with Gasteiger partial charge in [0.1, 0.15) is 10.9 Å². The molecule has 0 fully saturated rings.